The van der Waals surface area contributed by atoms with Crippen molar-refractivity contribution in [3.63, 3.8) is 0 Å². The molecule has 1 N–H and O–H groups in total. The van der Waals surface area contributed by atoms with Gasteiger partial charge in [-0.1, -0.05) is 29.3 Å². The summed E-state index contributed by atoms with van der Waals surface area (Å²) in [6.07, 6.45) is 2.38. The number of carbonyl (C=O) groups is 3. The van der Waals surface area contributed by atoms with Crippen LogP contribution in [0, 0.1) is 0 Å². The molecule has 1 fully saturated rings. The van der Waals surface area contributed by atoms with Gasteiger partial charge in [0.05, 0.1) is 10.7 Å². The Labute approximate surface area is 171 Å². The van der Waals surface area contributed by atoms with Crippen LogP contribution in [-0.4, -0.2) is 55.5 Å². The number of hydrogen-bond acceptors (Lipinski definition) is 6. The normalized spacial score (nSPS) is 16.3. The van der Waals surface area contributed by atoms with Gasteiger partial charge in [-0.25, -0.2) is 8.42 Å². The number of imide groups is 1. The molecule has 1 aromatic carbocycles. The Morgan fingerprint density at radius 1 is 1.30 bits per heavy atom. The summed E-state index contributed by atoms with van der Waals surface area (Å²) in [5.41, 5.74) is 0.556. The maximum Gasteiger partial charge on any atom is 0.293 e. The number of nitrogens with one attached hydrogen (secondary N) is 1. The molecule has 0 aromatic heterocycles. The van der Waals surface area contributed by atoms with E-state index < -0.39 is 26.9 Å². The van der Waals surface area contributed by atoms with Crippen molar-refractivity contribution < 1.29 is 22.8 Å². The third kappa shape index (κ3) is 6.53. The summed E-state index contributed by atoms with van der Waals surface area (Å²) in [5.74, 6) is -1.21. The molecule has 11 heteroatoms. The summed E-state index contributed by atoms with van der Waals surface area (Å²) in [6.45, 7) is 0.0244. The summed E-state index contributed by atoms with van der Waals surface area (Å²) < 4.78 is 22.1. The van der Waals surface area contributed by atoms with Crippen LogP contribution >= 0.6 is 35.0 Å². The van der Waals surface area contributed by atoms with Crippen molar-refractivity contribution in [1.82, 2.24) is 10.2 Å². The van der Waals surface area contributed by atoms with E-state index in [9.17, 15) is 22.8 Å². The number of amides is 3. The van der Waals surface area contributed by atoms with Crippen LogP contribution < -0.4 is 5.32 Å². The Kier molecular flexibility index (Phi) is 7.32. The van der Waals surface area contributed by atoms with Crippen LogP contribution in [0.5, 0.6) is 0 Å². The van der Waals surface area contributed by atoms with Gasteiger partial charge < -0.3 is 5.32 Å². The average molecular weight is 451 g/mol. The molecule has 0 spiro atoms. The molecule has 1 heterocycles. The van der Waals surface area contributed by atoms with Crippen molar-refractivity contribution >= 4 is 67.9 Å². The highest BCUT2D eigenvalue weighted by atomic mass is 35.5. The number of halogens is 2. The zero-order chi connectivity index (χ0) is 20.2. The Bertz CT molecular complexity index is 915. The van der Waals surface area contributed by atoms with E-state index in [1.165, 1.54) is 12.1 Å². The van der Waals surface area contributed by atoms with Crippen molar-refractivity contribution in [1.29, 1.82) is 0 Å². The lowest BCUT2D eigenvalue weighted by atomic mass is 10.2. The van der Waals surface area contributed by atoms with E-state index in [1.54, 1.807) is 12.1 Å². The fourth-order valence-corrected chi connectivity index (χ4v) is 4.00. The SMILES string of the molecule is CS(=O)(=O)CCC(=O)NCCN1C(=O)S/C(=C\c2ccc(Cl)cc2Cl)C1=O. The molecule has 1 aliphatic rings. The molecule has 0 bridgehead atoms. The number of nitrogens with zero attached hydrogens (tertiary/aromatic N) is 1. The van der Waals surface area contributed by atoms with Gasteiger partial charge in [0.1, 0.15) is 9.84 Å². The van der Waals surface area contributed by atoms with Crippen LogP contribution in [0.3, 0.4) is 0 Å². The van der Waals surface area contributed by atoms with E-state index in [2.05, 4.69) is 5.32 Å². The molecule has 0 unspecified atom stereocenters. The van der Waals surface area contributed by atoms with Crippen molar-refractivity contribution in [2.24, 2.45) is 0 Å². The summed E-state index contributed by atoms with van der Waals surface area (Å²) in [4.78, 5) is 37.2. The third-order valence-corrected chi connectivity index (χ3v) is 5.90. The zero-order valence-corrected chi connectivity index (χ0v) is 17.3. The van der Waals surface area contributed by atoms with E-state index >= 15 is 0 Å². The second kappa shape index (κ2) is 9.09. The van der Waals surface area contributed by atoms with Crippen LogP contribution in [0.2, 0.25) is 10.0 Å². The van der Waals surface area contributed by atoms with Crippen LogP contribution in [-0.2, 0) is 19.4 Å². The number of benzene rings is 1. The Morgan fingerprint density at radius 2 is 2.00 bits per heavy atom. The topological polar surface area (TPSA) is 101 Å². The van der Waals surface area contributed by atoms with Crippen molar-refractivity contribution in [3.05, 3.63) is 38.7 Å². The molecule has 0 aliphatic carbocycles. The molecular weight excluding hydrogens is 435 g/mol. The third-order valence-electron chi connectivity index (χ3n) is 3.48. The van der Waals surface area contributed by atoms with Gasteiger partial charge in [0, 0.05) is 35.8 Å². The number of hydrogen-bond donors (Lipinski definition) is 1. The molecule has 1 aromatic rings. The standard InChI is InChI=1S/C16H16Cl2N2O5S2/c1-27(24,25)7-4-14(21)19-5-6-20-15(22)13(26-16(20)23)8-10-2-3-11(17)9-12(10)18/h2-3,8-9H,4-7H2,1H3,(H,19,21)/b13-8-. The van der Waals surface area contributed by atoms with Crippen LogP contribution in [0.15, 0.2) is 23.1 Å². The molecule has 2 rings (SSSR count). The van der Waals surface area contributed by atoms with E-state index in [0.717, 1.165) is 22.9 Å². The first kappa shape index (κ1) is 21.7. The highest BCUT2D eigenvalue weighted by Gasteiger charge is 2.34. The summed E-state index contributed by atoms with van der Waals surface area (Å²) >= 11 is 12.7. The highest BCUT2D eigenvalue weighted by molar-refractivity contribution is 8.18. The summed E-state index contributed by atoms with van der Waals surface area (Å²) in [6, 6.07) is 4.79. The van der Waals surface area contributed by atoms with Crippen LogP contribution in [0.4, 0.5) is 4.79 Å². The predicted octanol–water partition coefficient (Wildman–Crippen LogP) is 2.58. The average Bonchev–Trinajstić information content (AvgIpc) is 2.82. The molecule has 0 saturated carbocycles. The van der Waals surface area contributed by atoms with Crippen molar-refractivity contribution in [2.75, 3.05) is 25.1 Å². The number of thioether (sulfide) groups is 1. The summed E-state index contributed by atoms with van der Waals surface area (Å²) in [5, 5.41) is 2.84. The van der Waals surface area contributed by atoms with E-state index in [4.69, 9.17) is 23.2 Å². The molecule has 0 atom stereocenters. The minimum absolute atomic E-state index is 0.0129. The molecule has 146 valence electrons. The van der Waals surface area contributed by atoms with Crippen molar-refractivity contribution in [3.8, 4) is 0 Å². The maximum atomic E-state index is 12.4. The number of carbonyl (C=O) groups excluding carboxylic acids is 3. The van der Waals surface area contributed by atoms with Crippen molar-refractivity contribution in [2.45, 2.75) is 6.42 Å². The van der Waals surface area contributed by atoms with Gasteiger partial charge in [-0.05, 0) is 35.5 Å². The van der Waals surface area contributed by atoms with Gasteiger partial charge in [-0.2, -0.15) is 0 Å². The van der Waals surface area contributed by atoms with Gasteiger partial charge in [0.15, 0.2) is 0 Å². The Morgan fingerprint density at radius 3 is 2.63 bits per heavy atom. The lowest BCUT2D eigenvalue weighted by Crippen LogP contribution is -2.37. The highest BCUT2D eigenvalue weighted by Crippen LogP contribution is 2.33. The molecule has 3 amide bonds. The molecule has 1 aliphatic heterocycles. The lowest BCUT2D eigenvalue weighted by molar-refractivity contribution is -0.124. The first-order chi connectivity index (χ1) is 12.6. The second-order valence-corrected chi connectivity index (χ2v) is 9.83. The minimum Gasteiger partial charge on any atom is -0.354 e. The Balaban J connectivity index is 1.94. The van der Waals surface area contributed by atoms with E-state index in [0.29, 0.717) is 15.6 Å². The zero-order valence-electron chi connectivity index (χ0n) is 14.2. The smallest absolute Gasteiger partial charge is 0.293 e. The molecular formula is C16H16Cl2N2O5S2. The van der Waals surface area contributed by atoms with Gasteiger partial charge in [0.25, 0.3) is 11.1 Å². The fraction of sp³-hybridized carbons (Fsp3) is 0.312. The monoisotopic (exact) mass is 450 g/mol. The first-order valence-corrected chi connectivity index (χ1v) is 11.3. The molecule has 7 nitrogen and oxygen atoms in total. The fourth-order valence-electron chi connectivity index (χ4n) is 2.13. The van der Waals surface area contributed by atoms with Gasteiger partial charge in [-0.15, -0.1) is 0 Å². The van der Waals surface area contributed by atoms with Crippen LogP contribution in [0.25, 0.3) is 6.08 Å². The molecule has 27 heavy (non-hydrogen) atoms. The number of sulfone groups is 1. The van der Waals surface area contributed by atoms with E-state index in [-0.39, 0.29) is 30.2 Å². The Hall–Kier alpha value is -1.55. The van der Waals surface area contributed by atoms with E-state index in [1.807, 2.05) is 0 Å². The van der Waals surface area contributed by atoms with Gasteiger partial charge in [0.2, 0.25) is 5.91 Å². The predicted molar refractivity (Wildman–Crippen MR) is 106 cm³/mol. The summed E-state index contributed by atoms with van der Waals surface area (Å²) in [7, 11) is -3.23. The quantitative estimate of drug-likeness (QED) is 0.640. The molecule has 0 radical (unpaired) electrons. The second-order valence-electron chi connectivity index (χ2n) is 5.73. The minimum atomic E-state index is -3.23. The maximum absolute atomic E-state index is 12.4. The lowest BCUT2D eigenvalue weighted by Gasteiger charge is -2.12. The van der Waals surface area contributed by atoms with Gasteiger partial charge in [-0.3, -0.25) is 19.3 Å². The molecule has 1 saturated heterocycles. The first-order valence-electron chi connectivity index (χ1n) is 7.71. The van der Waals surface area contributed by atoms with Gasteiger partial charge >= 0.3 is 0 Å². The number of rotatable bonds is 7. The largest absolute Gasteiger partial charge is 0.354 e. The van der Waals surface area contributed by atoms with Crippen LogP contribution in [0.1, 0.15) is 12.0 Å².